The molecule has 110 valence electrons. The van der Waals surface area contributed by atoms with Gasteiger partial charge in [0.05, 0.1) is 18.1 Å². The number of ether oxygens (including phenoxy) is 1. The van der Waals surface area contributed by atoms with Crippen LogP contribution in [0.15, 0.2) is 29.2 Å². The summed E-state index contributed by atoms with van der Waals surface area (Å²) in [5, 5.41) is 1.89. The lowest BCUT2D eigenvalue weighted by atomic mass is 10.2. The van der Waals surface area contributed by atoms with Gasteiger partial charge in [-0.2, -0.15) is 0 Å². The maximum Gasteiger partial charge on any atom is 0.263 e. The summed E-state index contributed by atoms with van der Waals surface area (Å²) in [6.45, 7) is 4.41. The molecule has 0 unspecified atom stereocenters. The van der Waals surface area contributed by atoms with E-state index in [1.165, 1.54) is 0 Å². The van der Waals surface area contributed by atoms with Crippen molar-refractivity contribution in [2.24, 2.45) is 0 Å². The molecule has 0 aromatic heterocycles. The highest BCUT2D eigenvalue weighted by molar-refractivity contribution is 7.91. The van der Waals surface area contributed by atoms with E-state index >= 15 is 0 Å². The molecule has 0 saturated carbocycles. The first-order valence-electron chi connectivity index (χ1n) is 6.20. The number of aryl methyl sites for hydroxylation is 1. The van der Waals surface area contributed by atoms with Gasteiger partial charge in [0, 0.05) is 13.1 Å². The third-order valence-electron chi connectivity index (χ3n) is 2.83. The smallest absolute Gasteiger partial charge is 0.263 e. The molecule has 6 nitrogen and oxygen atoms in total. The third-order valence-corrected chi connectivity index (χ3v) is 4.52. The van der Waals surface area contributed by atoms with Crippen molar-refractivity contribution in [3.8, 4) is 0 Å². The van der Waals surface area contributed by atoms with Gasteiger partial charge < -0.3 is 4.74 Å². The van der Waals surface area contributed by atoms with E-state index in [9.17, 15) is 8.42 Å². The number of sulfonamides is 1. The average Bonchev–Trinajstić information content (AvgIpc) is 2.39. The molecule has 1 saturated heterocycles. The van der Waals surface area contributed by atoms with E-state index in [1.54, 1.807) is 24.3 Å². The van der Waals surface area contributed by atoms with E-state index in [0.29, 0.717) is 26.3 Å². The van der Waals surface area contributed by atoms with Gasteiger partial charge in [-0.15, -0.1) is 0 Å². The Morgan fingerprint density at radius 3 is 2.45 bits per heavy atom. The second kappa shape index (κ2) is 6.49. The molecule has 0 bridgehead atoms. The van der Waals surface area contributed by atoms with Gasteiger partial charge >= 0.3 is 0 Å². The number of thiocarbonyl (C=S) groups is 1. The van der Waals surface area contributed by atoms with Crippen molar-refractivity contribution in [2.45, 2.75) is 11.8 Å². The van der Waals surface area contributed by atoms with Crippen LogP contribution in [0.5, 0.6) is 0 Å². The zero-order chi connectivity index (χ0) is 14.6. The summed E-state index contributed by atoms with van der Waals surface area (Å²) in [6, 6.07) is 6.59. The average molecular weight is 315 g/mol. The Labute approximate surface area is 124 Å². The topological polar surface area (TPSA) is 70.7 Å². The number of hydrazine groups is 1. The molecule has 1 heterocycles. The summed E-state index contributed by atoms with van der Waals surface area (Å²) < 4.78 is 31.8. The van der Waals surface area contributed by atoms with Crippen LogP contribution in [-0.4, -0.2) is 44.8 Å². The predicted octanol–water partition coefficient (Wildman–Crippen LogP) is 0.395. The normalized spacial score (nSPS) is 16.6. The molecular weight excluding hydrogens is 298 g/mol. The van der Waals surface area contributed by atoms with Crippen LogP contribution in [-0.2, 0) is 14.8 Å². The van der Waals surface area contributed by atoms with Gasteiger partial charge in [-0.25, -0.2) is 13.4 Å². The summed E-state index contributed by atoms with van der Waals surface area (Å²) in [5.74, 6) is 0. The van der Waals surface area contributed by atoms with E-state index in [1.807, 2.05) is 11.9 Å². The predicted molar refractivity (Wildman–Crippen MR) is 79.6 cm³/mol. The first-order chi connectivity index (χ1) is 9.47. The van der Waals surface area contributed by atoms with E-state index in [4.69, 9.17) is 17.0 Å². The molecule has 1 aromatic carbocycles. The minimum absolute atomic E-state index is 0.0625. The molecule has 2 N–H and O–H groups in total. The highest BCUT2D eigenvalue weighted by Crippen LogP contribution is 2.09. The number of benzene rings is 1. The highest BCUT2D eigenvalue weighted by atomic mass is 32.2. The second-order valence-corrected chi connectivity index (χ2v) is 6.55. The Balaban J connectivity index is 1.97. The Kier molecular flexibility index (Phi) is 4.92. The number of nitrogens with one attached hydrogen (secondary N) is 2. The summed E-state index contributed by atoms with van der Waals surface area (Å²) >= 11 is 5.02. The number of rotatable bonds is 3. The molecule has 0 aliphatic carbocycles. The second-order valence-electron chi connectivity index (χ2n) is 4.46. The van der Waals surface area contributed by atoms with Gasteiger partial charge in [0.25, 0.3) is 10.0 Å². The molecule has 1 fully saturated rings. The van der Waals surface area contributed by atoms with E-state index in [-0.39, 0.29) is 10.0 Å². The zero-order valence-corrected chi connectivity index (χ0v) is 12.8. The maximum atomic E-state index is 12.1. The summed E-state index contributed by atoms with van der Waals surface area (Å²) in [6.07, 6.45) is 0. The van der Waals surface area contributed by atoms with Crippen LogP contribution in [0.1, 0.15) is 5.56 Å². The minimum Gasteiger partial charge on any atom is -0.379 e. The van der Waals surface area contributed by atoms with Crippen LogP contribution in [0.25, 0.3) is 0 Å². The Morgan fingerprint density at radius 1 is 1.25 bits per heavy atom. The van der Waals surface area contributed by atoms with Crippen LogP contribution in [0.3, 0.4) is 0 Å². The van der Waals surface area contributed by atoms with Gasteiger partial charge in [0.15, 0.2) is 5.11 Å². The third kappa shape index (κ3) is 4.14. The highest BCUT2D eigenvalue weighted by Gasteiger charge is 2.17. The summed E-state index contributed by atoms with van der Waals surface area (Å²) in [5.41, 5.74) is 3.85. The number of nitrogens with zero attached hydrogens (tertiary/aromatic N) is 1. The fourth-order valence-corrected chi connectivity index (χ4v) is 3.10. The van der Waals surface area contributed by atoms with Crippen molar-refractivity contribution in [1.82, 2.24) is 15.2 Å². The van der Waals surface area contributed by atoms with E-state index < -0.39 is 10.0 Å². The van der Waals surface area contributed by atoms with Crippen molar-refractivity contribution in [3.63, 3.8) is 0 Å². The first kappa shape index (κ1) is 15.2. The van der Waals surface area contributed by atoms with Crippen LogP contribution in [0, 0.1) is 6.92 Å². The lowest BCUT2D eigenvalue weighted by Gasteiger charge is -2.28. The van der Waals surface area contributed by atoms with Crippen LogP contribution < -0.4 is 10.1 Å². The monoisotopic (exact) mass is 315 g/mol. The molecule has 2 rings (SSSR count). The molecule has 1 aliphatic heterocycles. The van der Waals surface area contributed by atoms with Crippen LogP contribution in [0.4, 0.5) is 0 Å². The fourth-order valence-electron chi connectivity index (χ4n) is 1.74. The van der Waals surface area contributed by atoms with Crippen molar-refractivity contribution < 1.29 is 13.2 Å². The largest absolute Gasteiger partial charge is 0.379 e. The molecule has 8 heteroatoms. The summed E-state index contributed by atoms with van der Waals surface area (Å²) in [7, 11) is -3.64. The van der Waals surface area contributed by atoms with Crippen LogP contribution >= 0.6 is 12.2 Å². The molecule has 20 heavy (non-hydrogen) atoms. The quantitative estimate of drug-likeness (QED) is 0.787. The van der Waals surface area contributed by atoms with Gasteiger partial charge in [0.2, 0.25) is 0 Å². The maximum absolute atomic E-state index is 12.1. The molecule has 0 atom stereocenters. The molecule has 1 aliphatic rings. The lowest BCUT2D eigenvalue weighted by molar-refractivity contribution is 0.0249. The van der Waals surface area contributed by atoms with Crippen molar-refractivity contribution in [2.75, 3.05) is 26.3 Å². The van der Waals surface area contributed by atoms with Gasteiger partial charge in [-0.05, 0) is 31.3 Å². The fraction of sp³-hybridized carbons (Fsp3) is 0.417. The summed E-state index contributed by atoms with van der Waals surface area (Å²) in [4.78, 5) is 0.189. The molecule has 0 radical (unpaired) electrons. The van der Waals surface area contributed by atoms with Crippen molar-refractivity contribution in [1.29, 1.82) is 0 Å². The van der Waals surface area contributed by atoms with E-state index in [2.05, 4.69) is 10.1 Å². The Bertz CT molecular complexity index is 566. The molecule has 1 aromatic rings. The van der Waals surface area contributed by atoms with Gasteiger partial charge in [-0.1, -0.05) is 17.7 Å². The zero-order valence-electron chi connectivity index (χ0n) is 11.1. The van der Waals surface area contributed by atoms with Crippen molar-refractivity contribution >= 4 is 27.4 Å². The SMILES string of the molecule is Cc1ccc(S(=O)(=O)NC(=S)NN2CCOCC2)cc1. The number of hydrogen-bond donors (Lipinski definition) is 2. The van der Waals surface area contributed by atoms with Crippen molar-refractivity contribution in [3.05, 3.63) is 29.8 Å². The Hall–Kier alpha value is -1.22. The number of hydrogen-bond acceptors (Lipinski definition) is 5. The molecule has 0 spiro atoms. The Morgan fingerprint density at radius 2 is 1.85 bits per heavy atom. The van der Waals surface area contributed by atoms with Gasteiger partial charge in [-0.3, -0.25) is 10.1 Å². The molecule has 0 amide bonds. The molecular formula is C12H17N3O3S2. The van der Waals surface area contributed by atoms with E-state index in [0.717, 1.165) is 5.56 Å². The standard InChI is InChI=1S/C12H17N3O3S2/c1-10-2-4-11(5-3-10)20(16,17)14-12(19)13-15-6-8-18-9-7-15/h2-5H,6-9H2,1H3,(H2,13,14,19). The van der Waals surface area contributed by atoms with Crippen LogP contribution in [0.2, 0.25) is 0 Å². The lowest BCUT2D eigenvalue weighted by Crippen LogP contribution is -2.52. The first-order valence-corrected chi connectivity index (χ1v) is 8.09. The van der Waals surface area contributed by atoms with Gasteiger partial charge in [0.1, 0.15) is 0 Å². The number of morpholine rings is 1. The minimum atomic E-state index is -3.64.